The van der Waals surface area contributed by atoms with E-state index in [2.05, 4.69) is 50.6 Å². The summed E-state index contributed by atoms with van der Waals surface area (Å²) in [6, 6.07) is 10.8. The lowest BCUT2D eigenvalue weighted by molar-refractivity contribution is -0.275. The van der Waals surface area contributed by atoms with Gasteiger partial charge in [0.05, 0.1) is 24.8 Å². The third-order valence-electron chi connectivity index (χ3n) is 2.25. The second kappa shape index (κ2) is 6.41. The number of benzene rings is 1. The molecule has 0 aliphatic heterocycles. The Bertz CT molecular complexity index is 292. The van der Waals surface area contributed by atoms with Crippen LogP contribution in [0.4, 0.5) is 4.79 Å². The Hall–Kier alpha value is -1.08. The highest BCUT2D eigenvalue weighted by atomic mass is 31.2. The van der Waals surface area contributed by atoms with Gasteiger partial charge in [0.25, 0.3) is 0 Å². The van der Waals surface area contributed by atoms with Gasteiger partial charge in [0.1, 0.15) is 0 Å². The first kappa shape index (κ1) is 13.9. The SMILES string of the molecule is CC[P+](C)(C)c1ccccc1.O=C([O-])O. The number of hydrogen-bond donors (Lipinski definition) is 1. The van der Waals surface area contributed by atoms with Crippen LogP contribution in [-0.2, 0) is 0 Å². The molecule has 0 saturated heterocycles. The molecule has 0 aromatic heterocycles. The van der Waals surface area contributed by atoms with Crippen LogP contribution in [0.15, 0.2) is 30.3 Å². The van der Waals surface area contributed by atoms with Crippen molar-refractivity contribution in [2.45, 2.75) is 6.92 Å². The fourth-order valence-corrected chi connectivity index (χ4v) is 2.36. The molecule has 0 unspecified atom stereocenters. The highest BCUT2D eigenvalue weighted by molar-refractivity contribution is 7.81. The van der Waals surface area contributed by atoms with E-state index < -0.39 is 13.4 Å². The van der Waals surface area contributed by atoms with E-state index in [4.69, 9.17) is 15.0 Å². The molecular weight excluding hydrogens is 211 g/mol. The Morgan fingerprint density at radius 2 is 1.73 bits per heavy atom. The van der Waals surface area contributed by atoms with Crippen molar-refractivity contribution in [2.75, 3.05) is 19.5 Å². The summed E-state index contributed by atoms with van der Waals surface area (Å²) < 4.78 is 0. The Morgan fingerprint density at radius 3 is 2.07 bits per heavy atom. The zero-order valence-electron chi connectivity index (χ0n) is 9.30. The van der Waals surface area contributed by atoms with Gasteiger partial charge < -0.3 is 15.0 Å². The predicted molar refractivity (Wildman–Crippen MR) is 63.4 cm³/mol. The van der Waals surface area contributed by atoms with E-state index in [0.29, 0.717) is 0 Å². The molecule has 1 aromatic rings. The Labute approximate surface area is 91.1 Å². The summed E-state index contributed by atoms with van der Waals surface area (Å²) in [7, 11) is -0.776. The van der Waals surface area contributed by atoms with Gasteiger partial charge in [-0.25, -0.2) is 0 Å². The predicted octanol–water partition coefficient (Wildman–Crippen LogP) is 1.50. The van der Waals surface area contributed by atoms with Gasteiger partial charge in [-0.1, -0.05) is 18.2 Å². The highest BCUT2D eigenvalue weighted by Crippen LogP contribution is 2.48. The van der Waals surface area contributed by atoms with E-state index in [1.807, 2.05) is 0 Å². The van der Waals surface area contributed by atoms with E-state index in [0.717, 1.165) is 0 Å². The average molecular weight is 228 g/mol. The molecule has 0 fully saturated rings. The molecule has 3 nitrogen and oxygen atoms in total. The Balaban J connectivity index is 0.000000423. The maximum Gasteiger partial charge on any atom is 0.249 e. The molecule has 0 spiro atoms. The van der Waals surface area contributed by atoms with Crippen molar-refractivity contribution in [2.24, 2.45) is 0 Å². The Kier molecular flexibility index (Phi) is 5.95. The van der Waals surface area contributed by atoms with Gasteiger partial charge in [0, 0.05) is 7.26 Å². The summed E-state index contributed by atoms with van der Waals surface area (Å²) in [5.41, 5.74) is 0. The highest BCUT2D eigenvalue weighted by Gasteiger charge is 2.24. The van der Waals surface area contributed by atoms with Gasteiger partial charge in [0.2, 0.25) is 6.16 Å². The third-order valence-corrected chi connectivity index (χ3v) is 5.52. The first-order chi connectivity index (χ1) is 6.90. The van der Waals surface area contributed by atoms with Gasteiger partial charge in [-0.3, -0.25) is 0 Å². The quantitative estimate of drug-likeness (QED) is 0.780. The van der Waals surface area contributed by atoms with Gasteiger partial charge in [-0.2, -0.15) is 0 Å². The molecule has 0 aliphatic carbocycles. The lowest BCUT2D eigenvalue weighted by Crippen LogP contribution is -2.17. The van der Waals surface area contributed by atoms with Crippen molar-refractivity contribution >= 4 is 18.7 Å². The van der Waals surface area contributed by atoms with E-state index in [-0.39, 0.29) is 0 Å². The van der Waals surface area contributed by atoms with Crippen molar-refractivity contribution < 1.29 is 15.0 Å². The molecular formula is C11H17O3P. The largest absolute Gasteiger partial charge is 0.565 e. The van der Waals surface area contributed by atoms with Crippen LogP contribution < -0.4 is 10.4 Å². The zero-order chi connectivity index (χ0) is 11.9. The molecule has 0 aliphatic rings. The molecule has 4 heteroatoms. The average Bonchev–Trinajstić information content (AvgIpc) is 2.18. The van der Waals surface area contributed by atoms with Crippen molar-refractivity contribution in [1.29, 1.82) is 0 Å². The number of rotatable bonds is 2. The molecule has 0 saturated carbocycles. The van der Waals surface area contributed by atoms with E-state index in [9.17, 15) is 0 Å². The van der Waals surface area contributed by atoms with E-state index in [1.54, 1.807) is 5.30 Å². The molecule has 0 heterocycles. The van der Waals surface area contributed by atoms with Crippen molar-refractivity contribution in [3.8, 4) is 0 Å². The second-order valence-corrected chi connectivity index (χ2v) is 8.12. The topological polar surface area (TPSA) is 60.4 Å². The smallest absolute Gasteiger partial charge is 0.249 e. The number of carboxylic acid groups (broad SMARTS) is 2. The summed E-state index contributed by atoms with van der Waals surface area (Å²) in [6.07, 6.45) is -0.781. The van der Waals surface area contributed by atoms with Crippen LogP contribution in [0.3, 0.4) is 0 Å². The molecule has 0 atom stereocenters. The number of hydrogen-bond acceptors (Lipinski definition) is 2. The first-order valence-corrected chi connectivity index (χ1v) is 7.55. The lowest BCUT2D eigenvalue weighted by Gasteiger charge is -2.14. The summed E-state index contributed by atoms with van der Waals surface area (Å²) in [5, 5.41) is 16.8. The standard InChI is InChI=1S/C10H16P.CH2O3/c1-4-11(2,3)10-8-6-5-7-9-10;2-1(3)4/h5-9H,4H2,1-3H3;(H2,2,3,4)/q+1;/p-1. The minimum Gasteiger partial charge on any atom is -0.565 e. The minimum absolute atomic E-state index is 0.776. The third kappa shape index (κ3) is 6.08. The molecule has 84 valence electrons. The molecule has 15 heavy (non-hydrogen) atoms. The van der Waals surface area contributed by atoms with E-state index >= 15 is 0 Å². The normalized spacial score (nSPS) is 10.1. The number of carbonyl (C=O) groups is 1. The maximum atomic E-state index is 8.44. The van der Waals surface area contributed by atoms with Crippen LogP contribution in [0.25, 0.3) is 0 Å². The van der Waals surface area contributed by atoms with Gasteiger partial charge >= 0.3 is 0 Å². The zero-order valence-corrected chi connectivity index (χ0v) is 10.2. The van der Waals surface area contributed by atoms with Gasteiger partial charge in [-0.05, 0) is 19.1 Å². The fourth-order valence-electron chi connectivity index (χ4n) is 1.01. The van der Waals surface area contributed by atoms with Crippen molar-refractivity contribution in [3.63, 3.8) is 0 Å². The molecule has 1 N–H and O–H groups in total. The maximum absolute atomic E-state index is 8.44. The summed E-state index contributed by atoms with van der Waals surface area (Å²) in [6.45, 7) is 7.06. The van der Waals surface area contributed by atoms with Crippen molar-refractivity contribution in [1.82, 2.24) is 0 Å². The van der Waals surface area contributed by atoms with Crippen molar-refractivity contribution in [3.05, 3.63) is 30.3 Å². The van der Waals surface area contributed by atoms with Gasteiger partial charge in [-0.15, -0.1) is 0 Å². The Morgan fingerprint density at radius 1 is 1.33 bits per heavy atom. The lowest BCUT2D eigenvalue weighted by atomic mass is 10.4. The van der Waals surface area contributed by atoms with Crippen LogP contribution in [0, 0.1) is 0 Å². The van der Waals surface area contributed by atoms with Crippen LogP contribution >= 0.6 is 7.26 Å². The minimum atomic E-state index is -2.08. The molecule has 0 radical (unpaired) electrons. The first-order valence-electron chi connectivity index (χ1n) is 4.68. The van der Waals surface area contributed by atoms with Crippen LogP contribution in [0.1, 0.15) is 6.92 Å². The van der Waals surface area contributed by atoms with Crippen LogP contribution in [0.2, 0.25) is 0 Å². The second-order valence-electron chi connectivity index (χ2n) is 3.60. The molecule has 1 aromatic carbocycles. The van der Waals surface area contributed by atoms with Crippen LogP contribution in [-0.4, -0.2) is 30.8 Å². The molecule has 1 rings (SSSR count). The molecule has 0 amide bonds. The monoisotopic (exact) mass is 228 g/mol. The van der Waals surface area contributed by atoms with E-state index in [1.165, 1.54) is 6.16 Å². The summed E-state index contributed by atoms with van der Waals surface area (Å²) in [5.74, 6) is 0. The van der Waals surface area contributed by atoms with Crippen LogP contribution in [0.5, 0.6) is 0 Å². The van der Waals surface area contributed by atoms with Gasteiger partial charge in [0.15, 0.2) is 0 Å². The summed E-state index contributed by atoms with van der Waals surface area (Å²) >= 11 is 0. The fraction of sp³-hybridized carbons (Fsp3) is 0.364. The molecule has 0 bridgehead atoms. The summed E-state index contributed by atoms with van der Waals surface area (Å²) in [4.78, 5) is 8.44.